The number of nitrogens with zero attached hydrogens (tertiary/aromatic N) is 5. The van der Waals surface area contributed by atoms with Crippen LogP contribution < -0.4 is 0 Å². The molecular formula is C19H18N6. The third-order valence-electron chi connectivity index (χ3n) is 4.88. The van der Waals surface area contributed by atoms with Crippen molar-refractivity contribution >= 4 is 27.8 Å². The fraction of sp³-hybridized carbons (Fsp3) is 0.211. The van der Waals surface area contributed by atoms with Crippen LogP contribution in [0.5, 0.6) is 0 Å². The summed E-state index contributed by atoms with van der Waals surface area (Å²) >= 11 is 0. The van der Waals surface area contributed by atoms with E-state index < -0.39 is 0 Å². The second kappa shape index (κ2) is 5.44. The van der Waals surface area contributed by atoms with E-state index in [9.17, 15) is 0 Å². The molecule has 25 heavy (non-hydrogen) atoms. The lowest BCUT2D eigenvalue weighted by Gasteiger charge is -2.20. The van der Waals surface area contributed by atoms with Crippen LogP contribution in [0.25, 0.3) is 33.5 Å². The Morgan fingerprint density at radius 1 is 1.08 bits per heavy atom. The van der Waals surface area contributed by atoms with E-state index in [1.54, 1.807) is 6.20 Å². The highest BCUT2D eigenvalue weighted by atomic mass is 15.4. The SMILES string of the molecule is C=C(c1[nH]c2ncccc2c1-n1nnc2ccccc21)N1CCCC1. The molecule has 6 heteroatoms. The normalized spacial score (nSPS) is 14.6. The van der Waals surface area contributed by atoms with Crippen molar-refractivity contribution in [3.8, 4) is 5.69 Å². The fourth-order valence-electron chi connectivity index (χ4n) is 3.62. The number of nitrogens with one attached hydrogen (secondary N) is 1. The van der Waals surface area contributed by atoms with Gasteiger partial charge in [-0.05, 0) is 37.1 Å². The Morgan fingerprint density at radius 2 is 1.92 bits per heavy atom. The summed E-state index contributed by atoms with van der Waals surface area (Å²) < 4.78 is 1.90. The lowest BCUT2D eigenvalue weighted by Crippen LogP contribution is -2.18. The van der Waals surface area contributed by atoms with Crippen molar-refractivity contribution in [2.45, 2.75) is 12.8 Å². The number of benzene rings is 1. The van der Waals surface area contributed by atoms with Crippen LogP contribution >= 0.6 is 0 Å². The number of likely N-dealkylation sites (tertiary alicyclic amines) is 1. The molecule has 1 aliphatic rings. The van der Waals surface area contributed by atoms with Gasteiger partial charge in [0.15, 0.2) is 0 Å². The molecule has 6 nitrogen and oxygen atoms in total. The second-order valence-corrected chi connectivity index (χ2v) is 6.38. The zero-order chi connectivity index (χ0) is 16.8. The monoisotopic (exact) mass is 330 g/mol. The Hall–Kier alpha value is -3.15. The van der Waals surface area contributed by atoms with Gasteiger partial charge in [0.2, 0.25) is 0 Å². The molecule has 124 valence electrons. The van der Waals surface area contributed by atoms with Gasteiger partial charge in [0.1, 0.15) is 16.9 Å². The van der Waals surface area contributed by atoms with Gasteiger partial charge in [-0.3, -0.25) is 0 Å². The van der Waals surface area contributed by atoms with E-state index in [1.807, 2.05) is 35.0 Å². The first-order chi connectivity index (χ1) is 12.3. The Bertz CT molecular complexity index is 1080. The first-order valence-corrected chi connectivity index (χ1v) is 8.54. The third kappa shape index (κ3) is 2.14. The highest BCUT2D eigenvalue weighted by Crippen LogP contribution is 2.33. The summed E-state index contributed by atoms with van der Waals surface area (Å²) in [6, 6.07) is 12.0. The van der Waals surface area contributed by atoms with Gasteiger partial charge >= 0.3 is 0 Å². The molecule has 0 saturated carbocycles. The lowest BCUT2D eigenvalue weighted by molar-refractivity contribution is 0.492. The van der Waals surface area contributed by atoms with E-state index in [1.165, 1.54) is 12.8 Å². The molecule has 3 aromatic heterocycles. The van der Waals surface area contributed by atoms with Crippen LogP contribution in [-0.4, -0.2) is 43.0 Å². The van der Waals surface area contributed by atoms with Crippen molar-refractivity contribution in [1.82, 2.24) is 29.9 Å². The summed E-state index contributed by atoms with van der Waals surface area (Å²) in [7, 11) is 0. The third-order valence-corrected chi connectivity index (χ3v) is 4.88. The summed E-state index contributed by atoms with van der Waals surface area (Å²) in [5.41, 5.74) is 5.61. The maximum absolute atomic E-state index is 4.48. The van der Waals surface area contributed by atoms with E-state index in [0.717, 1.165) is 52.2 Å². The molecule has 0 unspecified atom stereocenters. The summed E-state index contributed by atoms with van der Waals surface area (Å²) in [6.45, 7) is 6.44. The predicted molar refractivity (Wildman–Crippen MR) is 98.4 cm³/mol. The first kappa shape index (κ1) is 14.2. The molecule has 1 aromatic carbocycles. The molecule has 1 fully saturated rings. The maximum Gasteiger partial charge on any atom is 0.139 e. The zero-order valence-corrected chi connectivity index (χ0v) is 13.8. The molecule has 1 aliphatic heterocycles. The molecule has 0 aliphatic carbocycles. The standard InChI is InChI=1S/C19H18N6/c1-13(24-11-4-5-12-24)17-18(14-7-6-10-20-19(14)21-17)25-16-9-3-2-8-15(16)22-23-25/h2-3,6-10H,1,4-5,11-12H2,(H,20,21). The molecule has 1 N–H and O–H groups in total. The fourth-order valence-corrected chi connectivity index (χ4v) is 3.62. The van der Waals surface area contributed by atoms with Crippen LogP contribution in [0.2, 0.25) is 0 Å². The van der Waals surface area contributed by atoms with E-state index in [4.69, 9.17) is 0 Å². The molecule has 0 radical (unpaired) electrons. The van der Waals surface area contributed by atoms with Crippen molar-refractivity contribution in [1.29, 1.82) is 0 Å². The second-order valence-electron chi connectivity index (χ2n) is 6.38. The molecule has 1 saturated heterocycles. The first-order valence-electron chi connectivity index (χ1n) is 8.54. The minimum absolute atomic E-state index is 0.840. The molecule has 0 bridgehead atoms. The van der Waals surface area contributed by atoms with Crippen molar-refractivity contribution < 1.29 is 0 Å². The van der Waals surface area contributed by atoms with Crippen molar-refractivity contribution in [3.05, 3.63) is 54.9 Å². The highest BCUT2D eigenvalue weighted by Gasteiger charge is 2.23. The smallest absolute Gasteiger partial charge is 0.139 e. The molecule has 4 aromatic rings. The molecular weight excluding hydrogens is 312 g/mol. The average Bonchev–Trinajstić information content (AvgIpc) is 3.38. The van der Waals surface area contributed by atoms with Gasteiger partial charge in [0.05, 0.1) is 16.9 Å². The maximum atomic E-state index is 4.48. The number of hydrogen-bond donors (Lipinski definition) is 1. The van der Waals surface area contributed by atoms with Gasteiger partial charge in [-0.2, -0.15) is 0 Å². The highest BCUT2D eigenvalue weighted by molar-refractivity contribution is 5.94. The number of rotatable bonds is 3. The molecule has 0 atom stereocenters. The predicted octanol–water partition coefficient (Wildman–Crippen LogP) is 3.36. The number of aromatic nitrogens is 5. The largest absolute Gasteiger partial charge is 0.370 e. The minimum Gasteiger partial charge on any atom is -0.370 e. The number of fused-ring (bicyclic) bond motifs is 2. The summed E-state index contributed by atoms with van der Waals surface area (Å²) in [6.07, 6.45) is 4.21. The van der Waals surface area contributed by atoms with Crippen molar-refractivity contribution in [2.24, 2.45) is 0 Å². The Balaban J connectivity index is 1.78. The van der Waals surface area contributed by atoms with Gasteiger partial charge in [-0.25, -0.2) is 9.67 Å². The Morgan fingerprint density at radius 3 is 2.80 bits per heavy atom. The summed E-state index contributed by atoms with van der Waals surface area (Å²) in [4.78, 5) is 10.3. The zero-order valence-electron chi connectivity index (χ0n) is 13.8. The van der Waals surface area contributed by atoms with Crippen LogP contribution in [0.15, 0.2) is 49.2 Å². The summed E-state index contributed by atoms with van der Waals surface area (Å²) in [5, 5.41) is 9.75. The van der Waals surface area contributed by atoms with Crippen molar-refractivity contribution in [2.75, 3.05) is 13.1 Å². The van der Waals surface area contributed by atoms with E-state index in [-0.39, 0.29) is 0 Å². The van der Waals surface area contributed by atoms with Crippen molar-refractivity contribution in [3.63, 3.8) is 0 Å². The van der Waals surface area contributed by atoms with E-state index >= 15 is 0 Å². The van der Waals surface area contributed by atoms with Gasteiger partial charge in [0.25, 0.3) is 0 Å². The van der Waals surface area contributed by atoms with Gasteiger partial charge in [-0.15, -0.1) is 5.10 Å². The number of aromatic amines is 1. The van der Waals surface area contributed by atoms with E-state index in [2.05, 4.69) is 37.8 Å². The van der Waals surface area contributed by atoms with Crippen LogP contribution in [0.3, 0.4) is 0 Å². The number of hydrogen-bond acceptors (Lipinski definition) is 4. The average molecular weight is 330 g/mol. The van der Waals surface area contributed by atoms with E-state index in [0.29, 0.717) is 0 Å². The number of para-hydroxylation sites is 1. The molecule has 4 heterocycles. The van der Waals surface area contributed by atoms with Gasteiger partial charge in [-0.1, -0.05) is 23.9 Å². The quantitative estimate of drug-likeness (QED) is 0.626. The molecule has 0 spiro atoms. The van der Waals surface area contributed by atoms with Gasteiger partial charge < -0.3 is 9.88 Å². The number of H-pyrrole nitrogens is 1. The summed E-state index contributed by atoms with van der Waals surface area (Å²) in [5.74, 6) is 0. The topological polar surface area (TPSA) is 62.6 Å². The number of pyridine rings is 1. The Kier molecular flexibility index (Phi) is 3.09. The minimum atomic E-state index is 0.840. The Labute approximate surface area is 144 Å². The van der Waals surface area contributed by atoms with Crippen LogP contribution in [-0.2, 0) is 0 Å². The van der Waals surface area contributed by atoms with Crippen LogP contribution in [0, 0.1) is 0 Å². The lowest BCUT2D eigenvalue weighted by atomic mass is 10.2. The molecule has 5 rings (SSSR count). The van der Waals surface area contributed by atoms with Crippen LogP contribution in [0.4, 0.5) is 0 Å². The van der Waals surface area contributed by atoms with Gasteiger partial charge in [0, 0.05) is 24.7 Å². The molecule has 0 amide bonds. The van der Waals surface area contributed by atoms with Crippen LogP contribution in [0.1, 0.15) is 18.5 Å².